The van der Waals surface area contributed by atoms with Crippen LogP contribution in [0.2, 0.25) is 0 Å². The topological polar surface area (TPSA) is 61.5 Å². The van der Waals surface area contributed by atoms with E-state index >= 15 is 0 Å². The summed E-state index contributed by atoms with van der Waals surface area (Å²) in [5.41, 5.74) is 8.94. The minimum atomic E-state index is -0.653. The normalized spacial score (nSPS) is 12.1. The highest BCUT2D eigenvalue weighted by molar-refractivity contribution is 5.76. The number of methoxy groups -OCH3 is 1. The van der Waals surface area contributed by atoms with Crippen molar-refractivity contribution in [2.45, 2.75) is 33.2 Å². The number of hydrogen-bond acceptors (Lipinski definition) is 4. The van der Waals surface area contributed by atoms with Crippen molar-refractivity contribution in [2.75, 3.05) is 13.7 Å². The highest BCUT2D eigenvalue weighted by Gasteiger charge is 2.18. The number of ether oxygens (including phenoxy) is 2. The van der Waals surface area contributed by atoms with Gasteiger partial charge in [0.1, 0.15) is 11.8 Å². The van der Waals surface area contributed by atoms with Gasteiger partial charge in [0.05, 0.1) is 13.7 Å². The van der Waals surface area contributed by atoms with E-state index in [4.69, 9.17) is 15.2 Å². The summed E-state index contributed by atoms with van der Waals surface area (Å²) in [5, 5.41) is 0. The quantitative estimate of drug-likeness (QED) is 0.810. The second kappa shape index (κ2) is 6.40. The first-order chi connectivity index (χ1) is 8.49. The van der Waals surface area contributed by atoms with Crippen molar-refractivity contribution in [3.63, 3.8) is 0 Å². The van der Waals surface area contributed by atoms with Crippen LogP contribution < -0.4 is 10.5 Å². The molecule has 1 atom stereocenters. The Morgan fingerprint density at radius 3 is 2.61 bits per heavy atom. The lowest BCUT2D eigenvalue weighted by atomic mass is 10.00. The van der Waals surface area contributed by atoms with Gasteiger partial charge in [-0.25, -0.2) is 0 Å². The predicted octanol–water partition coefficient (Wildman–Crippen LogP) is 1.74. The van der Waals surface area contributed by atoms with Gasteiger partial charge in [0.2, 0.25) is 0 Å². The largest absolute Gasteiger partial charge is 0.496 e. The van der Waals surface area contributed by atoms with Gasteiger partial charge in [0.25, 0.3) is 0 Å². The SMILES string of the molecule is CCOC(=O)C(N)Cc1cc(C)cc(C)c1OC. The summed E-state index contributed by atoms with van der Waals surface area (Å²) in [6.07, 6.45) is 0.421. The zero-order valence-corrected chi connectivity index (χ0v) is 11.4. The maximum Gasteiger partial charge on any atom is 0.323 e. The van der Waals surface area contributed by atoms with Crippen molar-refractivity contribution in [1.29, 1.82) is 0 Å². The zero-order chi connectivity index (χ0) is 13.7. The number of nitrogens with two attached hydrogens (primary N) is 1. The first-order valence-electron chi connectivity index (χ1n) is 6.05. The molecule has 4 nitrogen and oxygen atoms in total. The first-order valence-corrected chi connectivity index (χ1v) is 6.05. The summed E-state index contributed by atoms with van der Waals surface area (Å²) >= 11 is 0. The summed E-state index contributed by atoms with van der Waals surface area (Å²) in [4.78, 5) is 11.5. The van der Waals surface area contributed by atoms with Crippen LogP contribution in [0.5, 0.6) is 5.75 Å². The van der Waals surface area contributed by atoms with E-state index in [2.05, 4.69) is 0 Å². The monoisotopic (exact) mass is 251 g/mol. The van der Waals surface area contributed by atoms with Crippen molar-refractivity contribution in [1.82, 2.24) is 0 Å². The third-order valence-corrected chi connectivity index (χ3v) is 2.73. The van der Waals surface area contributed by atoms with Crippen LogP contribution in [0.3, 0.4) is 0 Å². The van der Waals surface area contributed by atoms with E-state index in [1.54, 1.807) is 14.0 Å². The third kappa shape index (κ3) is 3.47. The molecule has 0 aliphatic carbocycles. The van der Waals surface area contributed by atoms with Gasteiger partial charge in [-0.1, -0.05) is 17.7 Å². The molecule has 1 rings (SSSR count). The van der Waals surface area contributed by atoms with Crippen molar-refractivity contribution in [3.8, 4) is 5.75 Å². The number of hydrogen-bond donors (Lipinski definition) is 1. The van der Waals surface area contributed by atoms with E-state index < -0.39 is 6.04 Å². The number of carbonyl (C=O) groups is 1. The van der Waals surface area contributed by atoms with E-state index in [9.17, 15) is 4.79 Å². The molecule has 18 heavy (non-hydrogen) atoms. The minimum Gasteiger partial charge on any atom is -0.496 e. The molecule has 0 saturated heterocycles. The Labute approximate surface area is 108 Å². The molecule has 0 aliphatic heterocycles. The van der Waals surface area contributed by atoms with Crippen LogP contribution in [-0.2, 0) is 16.0 Å². The molecule has 0 heterocycles. The van der Waals surface area contributed by atoms with Gasteiger partial charge >= 0.3 is 5.97 Å². The Morgan fingerprint density at radius 1 is 1.39 bits per heavy atom. The average Bonchev–Trinajstić information content (AvgIpc) is 2.28. The smallest absolute Gasteiger partial charge is 0.323 e. The van der Waals surface area contributed by atoms with Crippen LogP contribution in [0.25, 0.3) is 0 Å². The standard InChI is InChI=1S/C14H21NO3/c1-5-18-14(16)12(15)8-11-7-9(2)6-10(3)13(11)17-4/h6-7,12H,5,8,15H2,1-4H3. The molecule has 2 N–H and O–H groups in total. The van der Waals surface area contributed by atoms with E-state index in [-0.39, 0.29) is 5.97 Å². The lowest BCUT2D eigenvalue weighted by molar-refractivity contribution is -0.144. The Bertz CT molecular complexity index is 429. The fraction of sp³-hybridized carbons (Fsp3) is 0.500. The van der Waals surface area contributed by atoms with Crippen LogP contribution in [0.4, 0.5) is 0 Å². The molecule has 0 radical (unpaired) electrons. The van der Waals surface area contributed by atoms with Crippen LogP contribution in [0.1, 0.15) is 23.6 Å². The van der Waals surface area contributed by atoms with Crippen molar-refractivity contribution in [2.24, 2.45) is 5.73 Å². The lowest BCUT2D eigenvalue weighted by Gasteiger charge is -2.15. The summed E-state index contributed by atoms with van der Waals surface area (Å²) in [5.74, 6) is 0.416. The Balaban J connectivity index is 2.93. The zero-order valence-electron chi connectivity index (χ0n) is 11.4. The molecular weight excluding hydrogens is 230 g/mol. The molecule has 0 fully saturated rings. The summed E-state index contributed by atoms with van der Waals surface area (Å²) in [7, 11) is 1.62. The van der Waals surface area contributed by atoms with E-state index in [0.29, 0.717) is 13.0 Å². The third-order valence-electron chi connectivity index (χ3n) is 2.73. The van der Waals surface area contributed by atoms with Gasteiger partial charge in [0, 0.05) is 6.42 Å². The van der Waals surface area contributed by atoms with Gasteiger partial charge in [-0.2, -0.15) is 0 Å². The van der Waals surface area contributed by atoms with Crippen molar-refractivity contribution >= 4 is 5.97 Å². The first kappa shape index (κ1) is 14.5. The maximum atomic E-state index is 11.5. The molecule has 0 bridgehead atoms. The molecule has 4 heteroatoms. The number of aryl methyl sites for hydroxylation is 2. The van der Waals surface area contributed by atoms with Crippen LogP contribution >= 0.6 is 0 Å². The molecule has 1 aromatic rings. The molecule has 100 valence electrons. The fourth-order valence-corrected chi connectivity index (χ4v) is 2.06. The van der Waals surface area contributed by atoms with Gasteiger partial charge in [-0.3, -0.25) is 4.79 Å². The average molecular weight is 251 g/mol. The Hall–Kier alpha value is -1.55. The van der Waals surface area contributed by atoms with Gasteiger partial charge in [-0.05, 0) is 31.9 Å². The molecule has 0 amide bonds. The number of carbonyl (C=O) groups excluding carboxylic acids is 1. The van der Waals surface area contributed by atoms with E-state index in [1.807, 2.05) is 26.0 Å². The van der Waals surface area contributed by atoms with E-state index in [0.717, 1.165) is 22.4 Å². The molecule has 1 aromatic carbocycles. The fourth-order valence-electron chi connectivity index (χ4n) is 2.06. The molecule has 0 spiro atoms. The predicted molar refractivity (Wildman–Crippen MR) is 70.8 cm³/mol. The second-order valence-electron chi connectivity index (χ2n) is 4.34. The molecule has 1 unspecified atom stereocenters. The lowest BCUT2D eigenvalue weighted by Crippen LogP contribution is -2.34. The molecule has 0 aromatic heterocycles. The van der Waals surface area contributed by atoms with Crippen molar-refractivity contribution < 1.29 is 14.3 Å². The molecule has 0 saturated carbocycles. The van der Waals surface area contributed by atoms with Crippen LogP contribution in [-0.4, -0.2) is 25.7 Å². The van der Waals surface area contributed by atoms with Crippen LogP contribution in [0, 0.1) is 13.8 Å². The molecular formula is C14H21NO3. The van der Waals surface area contributed by atoms with Crippen molar-refractivity contribution in [3.05, 3.63) is 28.8 Å². The second-order valence-corrected chi connectivity index (χ2v) is 4.34. The van der Waals surface area contributed by atoms with Gasteiger partial charge in [0.15, 0.2) is 0 Å². The minimum absolute atomic E-state index is 0.344. The Morgan fingerprint density at radius 2 is 2.06 bits per heavy atom. The van der Waals surface area contributed by atoms with E-state index in [1.165, 1.54) is 0 Å². The van der Waals surface area contributed by atoms with Crippen LogP contribution in [0.15, 0.2) is 12.1 Å². The number of esters is 1. The number of rotatable bonds is 5. The molecule has 0 aliphatic rings. The summed E-state index contributed by atoms with van der Waals surface area (Å²) in [6, 6.07) is 3.38. The van der Waals surface area contributed by atoms with Gasteiger partial charge in [-0.15, -0.1) is 0 Å². The summed E-state index contributed by atoms with van der Waals surface area (Å²) in [6.45, 7) is 6.09. The highest BCUT2D eigenvalue weighted by Crippen LogP contribution is 2.26. The van der Waals surface area contributed by atoms with Gasteiger partial charge < -0.3 is 15.2 Å². The highest BCUT2D eigenvalue weighted by atomic mass is 16.5. The Kier molecular flexibility index (Phi) is 5.16. The number of benzene rings is 1. The summed E-state index contributed by atoms with van der Waals surface area (Å²) < 4.78 is 10.3. The maximum absolute atomic E-state index is 11.5.